The SMILES string of the molecule is CC(C)C1=C[C@@]23CC[C@H]4[C@](C)(CCC[C@@]4(C)C(=O)O)[C@@H]2C[C@@H]1OO3. The van der Waals surface area contributed by atoms with Gasteiger partial charge in [-0.2, -0.15) is 0 Å². The highest BCUT2D eigenvalue weighted by molar-refractivity contribution is 5.75. The number of hydrogen-bond acceptors (Lipinski definition) is 3. The maximum atomic E-state index is 12.1. The Balaban J connectivity index is 1.76. The molecule has 2 saturated carbocycles. The Labute approximate surface area is 144 Å². The molecule has 3 fully saturated rings. The van der Waals surface area contributed by atoms with E-state index in [9.17, 15) is 9.90 Å². The Bertz CT molecular complexity index is 596. The van der Waals surface area contributed by atoms with Crippen LogP contribution >= 0.6 is 0 Å². The minimum Gasteiger partial charge on any atom is -0.481 e. The van der Waals surface area contributed by atoms with Crippen molar-refractivity contribution in [3.8, 4) is 0 Å². The summed E-state index contributed by atoms with van der Waals surface area (Å²) in [5, 5.41) is 9.92. The number of carbonyl (C=O) groups is 1. The van der Waals surface area contributed by atoms with Gasteiger partial charge in [-0.1, -0.05) is 27.2 Å². The van der Waals surface area contributed by atoms with Crippen LogP contribution in [0.3, 0.4) is 0 Å². The van der Waals surface area contributed by atoms with Crippen molar-refractivity contribution in [2.45, 2.75) is 77.9 Å². The smallest absolute Gasteiger partial charge is 0.309 e. The molecule has 5 aliphatic rings. The monoisotopic (exact) mass is 334 g/mol. The van der Waals surface area contributed by atoms with E-state index in [1.54, 1.807) is 0 Å². The average molecular weight is 334 g/mol. The second-order valence-electron chi connectivity index (χ2n) is 9.38. The summed E-state index contributed by atoms with van der Waals surface area (Å²) in [7, 11) is 0. The fraction of sp³-hybridized carbons (Fsp3) is 0.850. The van der Waals surface area contributed by atoms with Gasteiger partial charge in [0.15, 0.2) is 0 Å². The molecule has 4 heteroatoms. The minimum absolute atomic E-state index is 0.0185. The van der Waals surface area contributed by atoms with Crippen molar-refractivity contribution in [3.05, 3.63) is 11.6 Å². The molecule has 5 rings (SSSR count). The lowest BCUT2D eigenvalue weighted by Gasteiger charge is -2.64. The molecular formula is C20H30O4. The molecule has 0 amide bonds. The number of carboxylic acids is 1. The van der Waals surface area contributed by atoms with E-state index in [-0.39, 0.29) is 23.0 Å². The van der Waals surface area contributed by atoms with Gasteiger partial charge in [-0.15, -0.1) is 0 Å². The molecule has 0 aromatic carbocycles. The zero-order valence-electron chi connectivity index (χ0n) is 15.3. The molecule has 4 nitrogen and oxygen atoms in total. The van der Waals surface area contributed by atoms with Crippen molar-refractivity contribution < 1.29 is 19.7 Å². The topological polar surface area (TPSA) is 55.8 Å². The van der Waals surface area contributed by atoms with E-state index in [1.807, 2.05) is 6.92 Å². The summed E-state index contributed by atoms with van der Waals surface area (Å²) >= 11 is 0. The van der Waals surface area contributed by atoms with E-state index in [1.165, 1.54) is 5.57 Å². The predicted molar refractivity (Wildman–Crippen MR) is 90.1 cm³/mol. The van der Waals surface area contributed by atoms with E-state index in [2.05, 4.69) is 26.8 Å². The van der Waals surface area contributed by atoms with Crippen LogP contribution in [-0.2, 0) is 14.6 Å². The molecule has 134 valence electrons. The van der Waals surface area contributed by atoms with E-state index < -0.39 is 11.4 Å². The van der Waals surface area contributed by atoms with Gasteiger partial charge in [0.1, 0.15) is 11.7 Å². The van der Waals surface area contributed by atoms with Gasteiger partial charge in [-0.3, -0.25) is 4.79 Å². The molecule has 0 radical (unpaired) electrons. The van der Waals surface area contributed by atoms with Crippen LogP contribution in [0.15, 0.2) is 11.6 Å². The van der Waals surface area contributed by atoms with Crippen LogP contribution in [0.5, 0.6) is 0 Å². The van der Waals surface area contributed by atoms with Crippen molar-refractivity contribution in [1.82, 2.24) is 0 Å². The van der Waals surface area contributed by atoms with Gasteiger partial charge in [0.2, 0.25) is 0 Å². The van der Waals surface area contributed by atoms with E-state index >= 15 is 0 Å². The number of hydrogen-bond donors (Lipinski definition) is 1. The third-order valence-electron chi connectivity index (χ3n) is 7.89. The maximum absolute atomic E-state index is 12.1. The van der Waals surface area contributed by atoms with Gasteiger partial charge in [-0.25, -0.2) is 9.78 Å². The van der Waals surface area contributed by atoms with E-state index in [0.29, 0.717) is 11.8 Å². The summed E-state index contributed by atoms with van der Waals surface area (Å²) in [6.07, 6.45) is 8.07. The Hall–Kier alpha value is -0.870. The number of fused-ring (bicyclic) bond motifs is 2. The summed E-state index contributed by atoms with van der Waals surface area (Å²) in [6, 6.07) is 0. The summed E-state index contributed by atoms with van der Waals surface area (Å²) < 4.78 is 0. The lowest BCUT2D eigenvalue weighted by molar-refractivity contribution is -0.434. The first-order valence-corrected chi connectivity index (χ1v) is 9.53. The van der Waals surface area contributed by atoms with Crippen molar-refractivity contribution in [2.75, 3.05) is 0 Å². The molecule has 24 heavy (non-hydrogen) atoms. The molecule has 2 aliphatic heterocycles. The number of aliphatic carboxylic acids is 1. The van der Waals surface area contributed by atoms with Crippen molar-refractivity contribution in [2.24, 2.45) is 28.6 Å². The molecule has 1 saturated heterocycles. The molecule has 0 unspecified atom stereocenters. The normalized spacial score (nSPS) is 50.2. The Morgan fingerprint density at radius 3 is 2.67 bits per heavy atom. The number of rotatable bonds is 2. The second kappa shape index (κ2) is 5.07. The molecule has 2 heterocycles. The first-order chi connectivity index (χ1) is 11.2. The van der Waals surface area contributed by atoms with Gasteiger partial charge in [0.25, 0.3) is 0 Å². The molecule has 0 aromatic rings. The highest BCUT2D eigenvalue weighted by Crippen LogP contribution is 2.66. The summed E-state index contributed by atoms with van der Waals surface area (Å²) in [5.74, 6) is 0.443. The lowest BCUT2D eigenvalue weighted by atomic mass is 9.43. The van der Waals surface area contributed by atoms with Crippen molar-refractivity contribution >= 4 is 5.97 Å². The predicted octanol–water partition coefficient (Wildman–Crippen LogP) is 4.35. The van der Waals surface area contributed by atoms with Gasteiger partial charge in [0.05, 0.1) is 5.41 Å². The second-order valence-corrected chi connectivity index (χ2v) is 9.38. The largest absolute Gasteiger partial charge is 0.481 e. The van der Waals surface area contributed by atoms with Gasteiger partial charge < -0.3 is 5.11 Å². The van der Waals surface area contributed by atoms with Crippen LogP contribution in [0, 0.1) is 28.6 Å². The molecule has 0 aromatic heterocycles. The first-order valence-electron chi connectivity index (χ1n) is 9.53. The Morgan fingerprint density at radius 2 is 2.00 bits per heavy atom. The lowest BCUT2D eigenvalue weighted by Crippen LogP contribution is -2.65. The Kier molecular flexibility index (Phi) is 3.51. The molecule has 6 atom stereocenters. The van der Waals surface area contributed by atoms with Crippen LogP contribution in [0.1, 0.15) is 66.2 Å². The third-order valence-corrected chi connectivity index (χ3v) is 7.89. The van der Waals surface area contributed by atoms with E-state index in [4.69, 9.17) is 9.78 Å². The van der Waals surface area contributed by atoms with Crippen molar-refractivity contribution in [3.63, 3.8) is 0 Å². The zero-order chi connectivity index (χ0) is 17.3. The van der Waals surface area contributed by atoms with Gasteiger partial charge >= 0.3 is 5.97 Å². The van der Waals surface area contributed by atoms with Crippen LogP contribution in [0.4, 0.5) is 0 Å². The van der Waals surface area contributed by atoms with Crippen LogP contribution < -0.4 is 0 Å². The standard InChI is InChI=1S/C20H30O4/c1-12(2)13-11-20-9-6-15-18(3,16(20)10-14(13)23-24-20)7-5-8-19(15,4)17(21)22/h11-12,14-16H,5-10H2,1-4H3,(H,21,22)/t14-,15-,16-,18-,19+,20-/m0/s1. The highest BCUT2D eigenvalue weighted by atomic mass is 17.2. The van der Waals surface area contributed by atoms with Crippen LogP contribution in [0.2, 0.25) is 0 Å². The quantitative estimate of drug-likeness (QED) is 0.602. The highest BCUT2D eigenvalue weighted by Gasteiger charge is 2.66. The van der Waals surface area contributed by atoms with Gasteiger partial charge in [0, 0.05) is 5.92 Å². The Morgan fingerprint density at radius 1 is 1.25 bits per heavy atom. The number of carboxylic acid groups (broad SMARTS) is 1. The zero-order valence-corrected chi connectivity index (χ0v) is 15.3. The fourth-order valence-electron chi connectivity index (χ4n) is 6.61. The minimum atomic E-state index is -0.620. The molecule has 1 N–H and O–H groups in total. The van der Waals surface area contributed by atoms with E-state index in [0.717, 1.165) is 38.5 Å². The molecular weight excluding hydrogens is 304 g/mol. The maximum Gasteiger partial charge on any atom is 0.309 e. The van der Waals surface area contributed by atoms with Crippen molar-refractivity contribution in [1.29, 1.82) is 0 Å². The first kappa shape index (κ1) is 16.6. The summed E-state index contributed by atoms with van der Waals surface area (Å²) in [5.41, 5.74) is 0.453. The molecule has 3 aliphatic carbocycles. The third kappa shape index (κ3) is 1.96. The fourth-order valence-corrected chi connectivity index (χ4v) is 6.61. The van der Waals surface area contributed by atoms with Crippen LogP contribution in [0.25, 0.3) is 0 Å². The summed E-state index contributed by atoms with van der Waals surface area (Å²) in [6.45, 7) is 8.74. The average Bonchev–Trinajstić information content (AvgIpc) is 2.54. The summed E-state index contributed by atoms with van der Waals surface area (Å²) in [4.78, 5) is 23.8. The molecule has 2 bridgehead atoms. The van der Waals surface area contributed by atoms with Gasteiger partial charge in [-0.05, 0) is 67.9 Å². The molecule has 1 spiro atoms. The van der Waals surface area contributed by atoms with Crippen LogP contribution in [-0.4, -0.2) is 22.8 Å².